The van der Waals surface area contributed by atoms with E-state index in [4.69, 9.17) is 10.00 Å². The van der Waals surface area contributed by atoms with Gasteiger partial charge in [0.2, 0.25) is 0 Å². The molecule has 0 aliphatic carbocycles. The number of pyridine rings is 1. The number of nitrogens with zero attached hydrogens (tertiary/aromatic N) is 4. The summed E-state index contributed by atoms with van der Waals surface area (Å²) in [5.74, 6) is -0.0289. The second kappa shape index (κ2) is 8.71. The van der Waals surface area contributed by atoms with E-state index in [0.29, 0.717) is 33.9 Å². The fraction of sp³-hybridized carbons (Fsp3) is 0.130. The summed E-state index contributed by atoms with van der Waals surface area (Å²) < 4.78 is 33.7. The van der Waals surface area contributed by atoms with Crippen molar-refractivity contribution in [2.24, 2.45) is 0 Å². The normalized spacial score (nSPS) is 10.6. The van der Waals surface area contributed by atoms with Crippen LogP contribution in [0.1, 0.15) is 6.42 Å². The van der Waals surface area contributed by atoms with Crippen LogP contribution in [0.5, 0.6) is 5.75 Å². The first kappa shape index (κ1) is 20.2. The summed E-state index contributed by atoms with van der Waals surface area (Å²) in [6.45, 7) is 0.141. The van der Waals surface area contributed by atoms with E-state index in [0.717, 1.165) is 11.6 Å². The van der Waals surface area contributed by atoms with Crippen LogP contribution < -0.4 is 10.1 Å². The van der Waals surface area contributed by atoms with E-state index in [1.807, 2.05) is 12.1 Å². The van der Waals surface area contributed by atoms with Gasteiger partial charge in [-0.15, -0.1) is 0 Å². The van der Waals surface area contributed by atoms with Crippen LogP contribution in [-0.2, 0) is 0 Å². The van der Waals surface area contributed by atoms with E-state index >= 15 is 0 Å². The van der Waals surface area contributed by atoms with Gasteiger partial charge < -0.3 is 10.1 Å². The van der Waals surface area contributed by atoms with Crippen LogP contribution in [0.4, 0.5) is 14.6 Å². The molecule has 2 aromatic carbocycles. The molecule has 0 saturated heterocycles. The van der Waals surface area contributed by atoms with Crippen molar-refractivity contribution in [2.75, 3.05) is 19.0 Å². The Morgan fingerprint density at radius 1 is 1.10 bits per heavy atom. The highest BCUT2D eigenvalue weighted by Gasteiger charge is 2.17. The standard InChI is InChI=1S/C23H17F2N5O/c1-27-23-18-10-15(17-6-5-16(24)12-19(17)25)11-20(31-9-3-7-26)21(18)29-22(30-23)14-4-2-8-28-13-14/h2,4-6,8,10-13H,3,9H2,1H3,(H,27,29,30). The zero-order valence-electron chi connectivity index (χ0n) is 16.6. The molecule has 0 atom stereocenters. The van der Waals surface area contributed by atoms with Gasteiger partial charge in [-0.05, 0) is 42.0 Å². The van der Waals surface area contributed by atoms with Gasteiger partial charge in [0.1, 0.15) is 35.3 Å². The summed E-state index contributed by atoms with van der Waals surface area (Å²) in [5.41, 5.74) is 1.91. The van der Waals surface area contributed by atoms with Gasteiger partial charge >= 0.3 is 0 Å². The van der Waals surface area contributed by atoms with E-state index in [-0.39, 0.29) is 18.6 Å². The number of benzene rings is 2. The minimum Gasteiger partial charge on any atom is -0.490 e. The molecule has 6 nitrogen and oxygen atoms in total. The lowest BCUT2D eigenvalue weighted by atomic mass is 10.0. The molecule has 0 amide bonds. The van der Waals surface area contributed by atoms with Crippen LogP contribution >= 0.6 is 0 Å². The molecular weight excluding hydrogens is 400 g/mol. The predicted molar refractivity (Wildman–Crippen MR) is 113 cm³/mol. The van der Waals surface area contributed by atoms with Crippen molar-refractivity contribution in [1.29, 1.82) is 5.26 Å². The Labute approximate surface area is 177 Å². The molecule has 1 N–H and O–H groups in total. The summed E-state index contributed by atoms with van der Waals surface area (Å²) in [6, 6.07) is 12.4. The van der Waals surface area contributed by atoms with Crippen molar-refractivity contribution in [1.82, 2.24) is 15.0 Å². The van der Waals surface area contributed by atoms with Gasteiger partial charge in [-0.2, -0.15) is 5.26 Å². The number of rotatable bonds is 6. The van der Waals surface area contributed by atoms with E-state index in [1.54, 1.807) is 37.6 Å². The van der Waals surface area contributed by atoms with E-state index in [2.05, 4.69) is 20.3 Å². The van der Waals surface area contributed by atoms with Gasteiger partial charge in [0, 0.05) is 42.0 Å². The molecule has 0 spiro atoms. The van der Waals surface area contributed by atoms with Gasteiger partial charge in [-0.25, -0.2) is 18.7 Å². The van der Waals surface area contributed by atoms with Crippen LogP contribution in [0, 0.1) is 23.0 Å². The third-order valence-corrected chi connectivity index (χ3v) is 4.64. The summed E-state index contributed by atoms with van der Waals surface area (Å²) in [4.78, 5) is 13.3. The molecule has 154 valence electrons. The lowest BCUT2D eigenvalue weighted by Crippen LogP contribution is -2.03. The summed E-state index contributed by atoms with van der Waals surface area (Å²) in [5, 5.41) is 12.5. The molecule has 31 heavy (non-hydrogen) atoms. The van der Waals surface area contributed by atoms with Crippen molar-refractivity contribution in [3.8, 4) is 34.3 Å². The first-order valence-electron chi connectivity index (χ1n) is 9.50. The first-order valence-corrected chi connectivity index (χ1v) is 9.50. The Morgan fingerprint density at radius 3 is 2.68 bits per heavy atom. The number of aromatic nitrogens is 3. The molecular formula is C23H17F2N5O. The molecule has 0 aliphatic rings. The molecule has 4 rings (SSSR count). The Bertz CT molecular complexity index is 1290. The highest BCUT2D eigenvalue weighted by atomic mass is 19.1. The van der Waals surface area contributed by atoms with Crippen LogP contribution in [0.25, 0.3) is 33.4 Å². The predicted octanol–water partition coefficient (Wildman–Crippen LogP) is 4.97. The Morgan fingerprint density at radius 2 is 1.97 bits per heavy atom. The second-order valence-corrected chi connectivity index (χ2v) is 6.64. The molecule has 4 aromatic rings. The van der Waals surface area contributed by atoms with Crippen molar-refractivity contribution in [3.05, 3.63) is 66.5 Å². The lowest BCUT2D eigenvalue weighted by Gasteiger charge is -2.15. The second-order valence-electron chi connectivity index (χ2n) is 6.64. The maximum atomic E-state index is 14.5. The van der Waals surface area contributed by atoms with Gasteiger partial charge in [-0.1, -0.05) is 0 Å². The van der Waals surface area contributed by atoms with Crippen molar-refractivity contribution in [2.45, 2.75) is 6.42 Å². The minimum absolute atomic E-state index is 0.141. The van der Waals surface area contributed by atoms with Crippen LogP contribution in [0.2, 0.25) is 0 Å². The smallest absolute Gasteiger partial charge is 0.163 e. The van der Waals surface area contributed by atoms with Crippen molar-refractivity contribution < 1.29 is 13.5 Å². The molecule has 2 aromatic heterocycles. The molecule has 0 bridgehead atoms. The zero-order valence-corrected chi connectivity index (χ0v) is 16.6. The number of anilines is 1. The van der Waals surface area contributed by atoms with Gasteiger partial charge in [0.15, 0.2) is 5.82 Å². The Balaban J connectivity index is 1.95. The SMILES string of the molecule is CNc1nc(-c2cccnc2)nc2c(OCCC#N)cc(-c3ccc(F)cc3F)cc12. The monoisotopic (exact) mass is 417 g/mol. The van der Waals surface area contributed by atoms with Gasteiger partial charge in [0.25, 0.3) is 0 Å². The maximum absolute atomic E-state index is 14.5. The molecule has 0 unspecified atom stereocenters. The Kier molecular flexibility index (Phi) is 5.67. The molecule has 8 heteroatoms. The topological polar surface area (TPSA) is 83.7 Å². The largest absolute Gasteiger partial charge is 0.490 e. The Hall–Kier alpha value is -4.12. The average molecular weight is 417 g/mol. The maximum Gasteiger partial charge on any atom is 0.163 e. The number of halogens is 2. The van der Waals surface area contributed by atoms with Crippen LogP contribution in [0.3, 0.4) is 0 Å². The third kappa shape index (κ3) is 4.12. The molecule has 0 radical (unpaired) electrons. The summed E-state index contributed by atoms with van der Waals surface area (Å²) in [7, 11) is 1.72. The highest BCUT2D eigenvalue weighted by Crippen LogP contribution is 2.36. The number of ether oxygens (including phenoxy) is 1. The minimum atomic E-state index is -0.693. The fourth-order valence-electron chi connectivity index (χ4n) is 3.21. The molecule has 0 saturated carbocycles. The van der Waals surface area contributed by atoms with E-state index < -0.39 is 11.6 Å². The number of fused-ring (bicyclic) bond motifs is 1. The third-order valence-electron chi connectivity index (χ3n) is 4.64. The first-order chi connectivity index (χ1) is 15.1. The summed E-state index contributed by atoms with van der Waals surface area (Å²) >= 11 is 0. The number of nitrogens with one attached hydrogen (secondary N) is 1. The highest BCUT2D eigenvalue weighted by molar-refractivity contribution is 5.97. The zero-order chi connectivity index (χ0) is 21.8. The lowest BCUT2D eigenvalue weighted by molar-refractivity contribution is 0.330. The van der Waals surface area contributed by atoms with E-state index in [9.17, 15) is 8.78 Å². The molecule has 0 fully saturated rings. The number of hydrogen-bond acceptors (Lipinski definition) is 6. The quantitative estimate of drug-likeness (QED) is 0.446. The van der Waals surface area contributed by atoms with Crippen molar-refractivity contribution >= 4 is 16.7 Å². The number of nitriles is 1. The summed E-state index contributed by atoms with van der Waals surface area (Å²) in [6.07, 6.45) is 3.48. The van der Waals surface area contributed by atoms with Gasteiger partial charge in [-0.3, -0.25) is 4.98 Å². The van der Waals surface area contributed by atoms with Crippen LogP contribution in [0.15, 0.2) is 54.9 Å². The van der Waals surface area contributed by atoms with Crippen LogP contribution in [-0.4, -0.2) is 28.6 Å². The van der Waals surface area contributed by atoms with Gasteiger partial charge in [0.05, 0.1) is 12.5 Å². The van der Waals surface area contributed by atoms with Crippen molar-refractivity contribution in [3.63, 3.8) is 0 Å². The average Bonchev–Trinajstić information content (AvgIpc) is 2.79. The van der Waals surface area contributed by atoms with E-state index in [1.165, 1.54) is 12.1 Å². The fourth-order valence-corrected chi connectivity index (χ4v) is 3.21. The molecule has 0 aliphatic heterocycles. The molecule has 2 heterocycles. The number of hydrogen-bond donors (Lipinski definition) is 1.